The molecule has 5 atom stereocenters. The van der Waals surface area contributed by atoms with Gasteiger partial charge in [-0.2, -0.15) is 0 Å². The molecule has 36 heavy (non-hydrogen) atoms. The summed E-state index contributed by atoms with van der Waals surface area (Å²) in [6.45, 7) is 6.39. The molecule has 0 bridgehead atoms. The molecule has 4 heteroatoms. The molecular formula is C32H41NO3. The molecule has 192 valence electrons. The van der Waals surface area contributed by atoms with Crippen LogP contribution in [0.1, 0.15) is 89.5 Å². The predicted octanol–water partition coefficient (Wildman–Crippen LogP) is 6.55. The summed E-state index contributed by atoms with van der Waals surface area (Å²) in [6.07, 6.45) is 12.2. The van der Waals surface area contributed by atoms with Gasteiger partial charge in [0, 0.05) is 43.6 Å². The monoisotopic (exact) mass is 487 g/mol. The van der Waals surface area contributed by atoms with Crippen molar-refractivity contribution in [2.24, 2.45) is 17.3 Å². The zero-order valence-corrected chi connectivity index (χ0v) is 22.3. The second kappa shape index (κ2) is 8.97. The fourth-order valence-electron chi connectivity index (χ4n) is 9.07. The minimum Gasteiger partial charge on any atom is -0.372 e. The third kappa shape index (κ3) is 3.50. The molecule has 0 spiro atoms. The van der Waals surface area contributed by atoms with Crippen LogP contribution in [0.4, 0.5) is 5.69 Å². The number of allylic oxidation sites excluding steroid dienone is 4. The van der Waals surface area contributed by atoms with Crippen molar-refractivity contribution < 1.29 is 14.3 Å². The van der Waals surface area contributed by atoms with Crippen LogP contribution in [-0.2, 0) is 14.3 Å². The number of nitrogens with zero attached hydrogens (tertiary/aromatic N) is 1. The van der Waals surface area contributed by atoms with Crippen molar-refractivity contribution in [2.45, 2.75) is 89.6 Å². The minimum atomic E-state index is -0.696. The smallest absolute Gasteiger partial charge is 0.162 e. The first-order valence-corrected chi connectivity index (χ1v) is 14.3. The second-order valence-electron chi connectivity index (χ2n) is 12.3. The molecule has 1 aromatic rings. The molecule has 6 rings (SSSR count). The van der Waals surface area contributed by atoms with Crippen molar-refractivity contribution in [3.8, 4) is 0 Å². The zero-order chi connectivity index (χ0) is 25.1. The van der Waals surface area contributed by atoms with Gasteiger partial charge in [0.25, 0.3) is 0 Å². The van der Waals surface area contributed by atoms with Gasteiger partial charge >= 0.3 is 0 Å². The number of hydrogen-bond donors (Lipinski definition) is 0. The van der Waals surface area contributed by atoms with Crippen LogP contribution >= 0.6 is 0 Å². The van der Waals surface area contributed by atoms with Gasteiger partial charge in [-0.25, -0.2) is 0 Å². The minimum absolute atomic E-state index is 0.185. The molecular weight excluding hydrogens is 446 g/mol. The van der Waals surface area contributed by atoms with E-state index in [1.54, 1.807) is 19.6 Å². The summed E-state index contributed by atoms with van der Waals surface area (Å²) in [7, 11) is 1.75. The van der Waals surface area contributed by atoms with Gasteiger partial charge in [0.05, 0.1) is 0 Å². The Bertz CT molecular complexity index is 1120. The SMILES string of the molecule is CO[C@]1(C(C)=O)CCC2C3CCC4=CC(=O)CCC4=C3[C@@H](c3ccc(N4CCCCC4)cc3)C[C@@]21C. The molecule has 1 heterocycles. The molecule has 2 saturated carbocycles. The molecule has 0 N–H and O–H groups in total. The van der Waals surface area contributed by atoms with Gasteiger partial charge in [0.15, 0.2) is 11.6 Å². The summed E-state index contributed by atoms with van der Waals surface area (Å²) < 4.78 is 6.19. The molecule has 5 aliphatic rings. The zero-order valence-electron chi connectivity index (χ0n) is 22.3. The van der Waals surface area contributed by atoms with Crippen LogP contribution in [-0.4, -0.2) is 37.4 Å². The van der Waals surface area contributed by atoms with Crippen LogP contribution in [0.3, 0.4) is 0 Å². The lowest BCUT2D eigenvalue weighted by atomic mass is 9.50. The highest BCUT2D eigenvalue weighted by Gasteiger charge is 2.65. The number of methoxy groups -OCH3 is 1. The van der Waals surface area contributed by atoms with E-state index in [-0.39, 0.29) is 22.9 Å². The Morgan fingerprint density at radius 1 is 1.03 bits per heavy atom. The highest BCUT2D eigenvalue weighted by molar-refractivity contribution is 5.93. The van der Waals surface area contributed by atoms with Crippen molar-refractivity contribution in [1.82, 2.24) is 0 Å². The topological polar surface area (TPSA) is 46.6 Å². The Hall–Kier alpha value is -2.20. The molecule has 3 fully saturated rings. The van der Waals surface area contributed by atoms with E-state index in [4.69, 9.17) is 4.74 Å². The van der Waals surface area contributed by atoms with Gasteiger partial charge in [-0.3, -0.25) is 9.59 Å². The van der Waals surface area contributed by atoms with E-state index in [0.29, 0.717) is 18.3 Å². The Kier molecular flexibility index (Phi) is 6.02. The number of carbonyl (C=O) groups is 2. The highest BCUT2D eigenvalue weighted by Crippen LogP contribution is 2.67. The average molecular weight is 488 g/mol. The summed E-state index contributed by atoms with van der Waals surface area (Å²) in [5, 5.41) is 0. The van der Waals surface area contributed by atoms with Crippen LogP contribution in [0, 0.1) is 17.3 Å². The Balaban J connectivity index is 1.45. The maximum absolute atomic E-state index is 13.2. The van der Waals surface area contributed by atoms with E-state index in [1.165, 1.54) is 41.7 Å². The fraction of sp³-hybridized carbons (Fsp3) is 0.625. The largest absolute Gasteiger partial charge is 0.372 e. The van der Waals surface area contributed by atoms with E-state index in [0.717, 1.165) is 51.6 Å². The summed E-state index contributed by atoms with van der Waals surface area (Å²) in [5.41, 5.74) is 6.15. The van der Waals surface area contributed by atoms with Gasteiger partial charge in [0.1, 0.15) is 5.60 Å². The summed E-state index contributed by atoms with van der Waals surface area (Å²) in [5.74, 6) is 1.65. The summed E-state index contributed by atoms with van der Waals surface area (Å²) in [4.78, 5) is 28.0. The number of benzene rings is 1. The molecule has 1 aliphatic heterocycles. The number of carbonyl (C=O) groups excluding carboxylic acids is 2. The maximum Gasteiger partial charge on any atom is 0.162 e. The molecule has 2 unspecified atom stereocenters. The molecule has 4 aliphatic carbocycles. The number of rotatable bonds is 4. The first-order chi connectivity index (χ1) is 17.4. The van der Waals surface area contributed by atoms with E-state index >= 15 is 0 Å². The number of piperidine rings is 1. The lowest BCUT2D eigenvalue weighted by Crippen LogP contribution is -2.56. The van der Waals surface area contributed by atoms with Crippen molar-refractivity contribution >= 4 is 17.3 Å². The average Bonchev–Trinajstić information content (AvgIpc) is 3.21. The standard InChI is InChI=1S/C32H41NO3/c1-21(34)32(36-3)16-15-29-27-13-9-23-19-25(35)12-14-26(23)30(27)28(20-31(29,32)2)22-7-10-24(11-8-22)33-17-5-4-6-18-33/h7-8,10-11,19,27-29H,4-6,9,12-18,20H2,1-3H3/t27?,28-,29?,31+,32+/m1/s1. The molecule has 0 radical (unpaired) electrons. The van der Waals surface area contributed by atoms with Gasteiger partial charge < -0.3 is 9.64 Å². The van der Waals surface area contributed by atoms with Crippen LogP contribution in [0.25, 0.3) is 0 Å². The van der Waals surface area contributed by atoms with E-state index < -0.39 is 5.60 Å². The summed E-state index contributed by atoms with van der Waals surface area (Å²) >= 11 is 0. The van der Waals surface area contributed by atoms with Crippen LogP contribution in [0.2, 0.25) is 0 Å². The first kappa shape index (κ1) is 24.2. The predicted molar refractivity (Wildman–Crippen MR) is 143 cm³/mol. The lowest BCUT2D eigenvalue weighted by molar-refractivity contribution is -0.160. The quantitative estimate of drug-likeness (QED) is 0.483. The van der Waals surface area contributed by atoms with Gasteiger partial charge in [-0.15, -0.1) is 0 Å². The van der Waals surface area contributed by atoms with Gasteiger partial charge in [-0.1, -0.05) is 24.6 Å². The Morgan fingerprint density at radius 2 is 1.78 bits per heavy atom. The van der Waals surface area contributed by atoms with Crippen molar-refractivity contribution in [2.75, 3.05) is 25.1 Å². The van der Waals surface area contributed by atoms with E-state index in [9.17, 15) is 9.59 Å². The third-order valence-corrected chi connectivity index (χ3v) is 10.8. The molecule has 4 nitrogen and oxygen atoms in total. The lowest BCUT2D eigenvalue weighted by Gasteiger charge is -2.55. The number of hydrogen-bond acceptors (Lipinski definition) is 4. The first-order valence-electron chi connectivity index (χ1n) is 14.3. The third-order valence-electron chi connectivity index (χ3n) is 10.8. The van der Waals surface area contributed by atoms with Crippen LogP contribution in [0.5, 0.6) is 0 Å². The summed E-state index contributed by atoms with van der Waals surface area (Å²) in [6, 6.07) is 9.35. The van der Waals surface area contributed by atoms with E-state index in [1.807, 2.05) is 6.08 Å². The maximum atomic E-state index is 13.2. The number of ether oxygens (including phenoxy) is 1. The second-order valence-corrected chi connectivity index (χ2v) is 12.3. The van der Waals surface area contributed by atoms with Gasteiger partial charge in [-0.05, 0) is 111 Å². The molecule has 0 amide bonds. The highest BCUT2D eigenvalue weighted by atomic mass is 16.5. The number of ketones is 2. The van der Waals surface area contributed by atoms with Gasteiger partial charge in [0.2, 0.25) is 0 Å². The van der Waals surface area contributed by atoms with Crippen LogP contribution in [0.15, 0.2) is 47.1 Å². The van der Waals surface area contributed by atoms with Crippen molar-refractivity contribution in [3.05, 3.63) is 52.6 Å². The molecule has 0 aromatic heterocycles. The molecule has 1 saturated heterocycles. The number of anilines is 1. The van der Waals surface area contributed by atoms with E-state index in [2.05, 4.69) is 36.1 Å². The normalized spacial score (nSPS) is 36.2. The molecule has 1 aromatic carbocycles. The fourth-order valence-corrected chi connectivity index (χ4v) is 9.07. The Morgan fingerprint density at radius 3 is 2.47 bits per heavy atom. The van der Waals surface area contributed by atoms with Crippen molar-refractivity contribution in [1.29, 1.82) is 0 Å². The van der Waals surface area contributed by atoms with Crippen molar-refractivity contribution in [3.63, 3.8) is 0 Å². The number of Topliss-reactive ketones (excluding diaryl/α,β-unsaturated/α-hetero) is 1. The number of fused-ring (bicyclic) bond motifs is 4. The van der Waals surface area contributed by atoms with Crippen LogP contribution < -0.4 is 4.90 Å². The Labute approximate surface area is 216 Å².